The van der Waals surface area contributed by atoms with Gasteiger partial charge in [-0.25, -0.2) is 0 Å². The van der Waals surface area contributed by atoms with Crippen LogP contribution in [-0.2, 0) is 4.79 Å². The van der Waals surface area contributed by atoms with E-state index in [4.69, 9.17) is 0 Å². The first-order valence-electron chi connectivity index (χ1n) is 11.1. The molecule has 1 aromatic heterocycles. The average Bonchev–Trinajstić information content (AvgIpc) is 3.34. The summed E-state index contributed by atoms with van der Waals surface area (Å²) in [5.41, 5.74) is 1.07. The van der Waals surface area contributed by atoms with Gasteiger partial charge in [0.2, 0.25) is 5.91 Å². The van der Waals surface area contributed by atoms with Gasteiger partial charge in [-0.2, -0.15) is 11.3 Å². The summed E-state index contributed by atoms with van der Waals surface area (Å²) in [6, 6.07) is 2.53. The van der Waals surface area contributed by atoms with Gasteiger partial charge in [-0.15, -0.1) is 0 Å². The van der Waals surface area contributed by atoms with Crippen molar-refractivity contribution in [3.63, 3.8) is 0 Å². The molecule has 1 unspecified atom stereocenters. The Morgan fingerprint density at radius 3 is 2.76 bits per heavy atom. The summed E-state index contributed by atoms with van der Waals surface area (Å²) in [6.45, 7) is 4.82. The summed E-state index contributed by atoms with van der Waals surface area (Å²) >= 11 is 1.58. The number of rotatable bonds is 2. The molecule has 0 aromatic carbocycles. The minimum Gasteiger partial charge on any atom is -0.349 e. The van der Waals surface area contributed by atoms with Crippen molar-refractivity contribution in [3.05, 3.63) is 34.5 Å². The lowest BCUT2D eigenvalue weighted by Gasteiger charge is -2.60. The standard InChI is InChI=1S/C24H32N2O2S/c1-23-11-8-18-16(4-7-20-24(18,2)12-9-21(27)26(20)3)17(23)5-6-19(23)25-22(28)15-10-13-29-14-15/h9-10,12-14,16-20H,4-8,11H2,1-3H3,(H,25,28)/t16-,17-,18-,19?,20+,23-,24+/m0/s1. The second kappa shape index (κ2) is 6.69. The summed E-state index contributed by atoms with van der Waals surface area (Å²) in [5.74, 6) is 2.25. The zero-order valence-electron chi connectivity index (χ0n) is 17.7. The van der Waals surface area contributed by atoms with Crippen molar-refractivity contribution in [3.8, 4) is 0 Å². The van der Waals surface area contributed by atoms with Crippen LogP contribution in [0.5, 0.6) is 0 Å². The molecule has 0 bridgehead atoms. The number of amides is 2. The van der Waals surface area contributed by atoms with Gasteiger partial charge in [0.1, 0.15) is 0 Å². The smallest absolute Gasteiger partial charge is 0.252 e. The van der Waals surface area contributed by atoms with Gasteiger partial charge in [0.05, 0.1) is 0 Å². The minimum atomic E-state index is 0.0882. The molecule has 3 fully saturated rings. The number of carbonyl (C=O) groups is 2. The number of nitrogens with zero attached hydrogens (tertiary/aromatic N) is 1. The van der Waals surface area contributed by atoms with Crippen LogP contribution in [0.15, 0.2) is 29.0 Å². The quantitative estimate of drug-likeness (QED) is 0.778. The number of hydrogen-bond donors (Lipinski definition) is 1. The van der Waals surface area contributed by atoms with Gasteiger partial charge in [-0.05, 0) is 79.2 Å². The molecule has 1 N–H and O–H groups in total. The van der Waals surface area contributed by atoms with Crippen molar-refractivity contribution < 1.29 is 9.59 Å². The number of thiophene rings is 1. The van der Waals surface area contributed by atoms with E-state index in [0.29, 0.717) is 23.8 Å². The van der Waals surface area contributed by atoms with Gasteiger partial charge in [-0.1, -0.05) is 19.9 Å². The number of hydrogen-bond acceptors (Lipinski definition) is 3. The van der Waals surface area contributed by atoms with Crippen LogP contribution >= 0.6 is 11.3 Å². The molecule has 2 amide bonds. The number of carbonyl (C=O) groups excluding carboxylic acids is 2. The molecule has 3 aliphatic carbocycles. The predicted molar refractivity (Wildman–Crippen MR) is 116 cm³/mol. The van der Waals surface area contributed by atoms with Crippen LogP contribution in [0.4, 0.5) is 0 Å². The summed E-state index contributed by atoms with van der Waals surface area (Å²) in [4.78, 5) is 26.9. The largest absolute Gasteiger partial charge is 0.349 e. The molecule has 2 heterocycles. The summed E-state index contributed by atoms with van der Waals surface area (Å²) in [7, 11) is 1.98. The lowest BCUT2D eigenvalue weighted by molar-refractivity contribution is -0.138. The highest BCUT2D eigenvalue weighted by atomic mass is 32.1. The van der Waals surface area contributed by atoms with Crippen molar-refractivity contribution >= 4 is 23.2 Å². The zero-order chi connectivity index (χ0) is 20.4. The highest BCUT2D eigenvalue weighted by Gasteiger charge is 2.60. The van der Waals surface area contributed by atoms with Crippen LogP contribution < -0.4 is 5.32 Å². The summed E-state index contributed by atoms with van der Waals surface area (Å²) in [6.07, 6.45) is 11.0. The van der Waals surface area contributed by atoms with E-state index >= 15 is 0 Å². The molecule has 0 saturated heterocycles. The molecule has 1 aromatic rings. The van der Waals surface area contributed by atoms with E-state index in [1.54, 1.807) is 11.3 Å². The average molecular weight is 413 g/mol. The molecule has 29 heavy (non-hydrogen) atoms. The Bertz CT molecular complexity index is 849. The topological polar surface area (TPSA) is 49.4 Å². The monoisotopic (exact) mass is 412 g/mol. The summed E-state index contributed by atoms with van der Waals surface area (Å²) in [5, 5.41) is 7.31. The van der Waals surface area contributed by atoms with Crippen molar-refractivity contribution in [1.82, 2.24) is 10.2 Å². The van der Waals surface area contributed by atoms with Gasteiger partial charge in [0, 0.05) is 35.5 Å². The van der Waals surface area contributed by atoms with Crippen LogP contribution in [0.2, 0.25) is 0 Å². The molecule has 0 spiro atoms. The highest BCUT2D eigenvalue weighted by molar-refractivity contribution is 7.08. The van der Waals surface area contributed by atoms with Crippen molar-refractivity contribution in [2.45, 2.75) is 64.5 Å². The molecule has 0 radical (unpaired) electrons. The molecule has 5 heteroatoms. The Morgan fingerprint density at radius 2 is 2.00 bits per heavy atom. The Balaban J connectivity index is 1.38. The first-order chi connectivity index (χ1) is 13.8. The van der Waals surface area contributed by atoms with Gasteiger partial charge >= 0.3 is 0 Å². The van der Waals surface area contributed by atoms with Crippen molar-refractivity contribution in [1.29, 1.82) is 0 Å². The maximum atomic E-state index is 12.7. The highest BCUT2D eigenvalue weighted by Crippen LogP contribution is 2.63. The van der Waals surface area contributed by atoms with E-state index in [0.717, 1.165) is 18.4 Å². The molecular weight excluding hydrogens is 380 g/mol. The van der Waals surface area contributed by atoms with Gasteiger partial charge in [-0.3, -0.25) is 9.59 Å². The van der Waals surface area contributed by atoms with Crippen LogP contribution in [0, 0.1) is 28.6 Å². The predicted octanol–water partition coefficient (Wildman–Crippen LogP) is 4.49. The first-order valence-corrected chi connectivity index (χ1v) is 12.1. The van der Waals surface area contributed by atoms with Crippen molar-refractivity contribution in [2.75, 3.05) is 7.05 Å². The fraction of sp³-hybridized carbons (Fsp3) is 0.667. The fourth-order valence-corrected chi connectivity index (χ4v) is 8.25. The number of nitrogens with one attached hydrogen (secondary N) is 1. The Kier molecular flexibility index (Phi) is 4.47. The number of likely N-dealkylation sites (N-methyl/N-ethyl adjacent to an activating group) is 1. The van der Waals surface area contributed by atoms with E-state index in [2.05, 4.69) is 25.2 Å². The maximum Gasteiger partial charge on any atom is 0.252 e. The molecule has 7 atom stereocenters. The molecular formula is C24H32N2O2S. The van der Waals surface area contributed by atoms with Gasteiger partial charge < -0.3 is 10.2 Å². The minimum absolute atomic E-state index is 0.0882. The SMILES string of the molecule is CN1C(=O)C=C[C@]2(C)[C@H]3CC[C@]4(C)C(NC(=O)c5ccsc5)CC[C@H]4[C@@H]3CC[C@@H]12. The Labute approximate surface area is 177 Å². The second-order valence-corrected chi connectivity index (χ2v) is 11.1. The third-order valence-electron chi connectivity index (χ3n) is 9.22. The van der Waals surface area contributed by atoms with E-state index < -0.39 is 0 Å². The van der Waals surface area contributed by atoms with Crippen LogP contribution in [0.25, 0.3) is 0 Å². The van der Waals surface area contributed by atoms with Gasteiger partial charge in [0.15, 0.2) is 0 Å². The molecule has 3 saturated carbocycles. The second-order valence-electron chi connectivity index (χ2n) is 10.3. The van der Waals surface area contributed by atoms with Crippen LogP contribution in [0.3, 0.4) is 0 Å². The fourth-order valence-electron chi connectivity index (χ4n) is 7.61. The van der Waals surface area contributed by atoms with Crippen LogP contribution in [0.1, 0.15) is 62.7 Å². The molecule has 4 nitrogen and oxygen atoms in total. The number of fused-ring (bicyclic) bond motifs is 5. The van der Waals surface area contributed by atoms with E-state index in [9.17, 15) is 9.59 Å². The van der Waals surface area contributed by atoms with E-state index in [1.807, 2.05) is 34.9 Å². The van der Waals surface area contributed by atoms with Crippen LogP contribution in [-0.4, -0.2) is 35.8 Å². The third kappa shape index (κ3) is 2.76. The van der Waals surface area contributed by atoms with Gasteiger partial charge in [0.25, 0.3) is 5.91 Å². The Hall–Kier alpha value is -1.62. The lowest BCUT2D eigenvalue weighted by Crippen LogP contribution is -2.60. The maximum absolute atomic E-state index is 12.7. The normalized spacial score (nSPS) is 43.5. The third-order valence-corrected chi connectivity index (χ3v) is 9.90. The molecule has 4 aliphatic rings. The lowest BCUT2D eigenvalue weighted by atomic mass is 9.48. The zero-order valence-corrected chi connectivity index (χ0v) is 18.5. The molecule has 1 aliphatic heterocycles. The van der Waals surface area contributed by atoms with Crippen molar-refractivity contribution in [2.24, 2.45) is 28.6 Å². The summed E-state index contributed by atoms with van der Waals surface area (Å²) < 4.78 is 0. The Morgan fingerprint density at radius 1 is 1.17 bits per heavy atom. The van der Waals surface area contributed by atoms with E-state index in [-0.39, 0.29) is 28.7 Å². The first kappa shape index (κ1) is 19.3. The molecule has 5 rings (SSSR count). The van der Waals surface area contributed by atoms with E-state index in [1.165, 1.54) is 25.7 Å². The molecule has 156 valence electrons.